The lowest BCUT2D eigenvalue weighted by Gasteiger charge is -2.01. The molecule has 19 heavy (non-hydrogen) atoms. The Kier molecular flexibility index (Phi) is 3.83. The SMILES string of the molecule is NC(CCO)c1nc(-c2ccc([N+](=O)[O-])cc2)no1. The van der Waals surface area contributed by atoms with Crippen molar-refractivity contribution in [2.24, 2.45) is 5.73 Å². The van der Waals surface area contributed by atoms with Crippen LogP contribution < -0.4 is 5.73 Å². The Hall–Kier alpha value is -2.32. The summed E-state index contributed by atoms with van der Waals surface area (Å²) in [6.45, 7) is -0.0730. The van der Waals surface area contributed by atoms with Gasteiger partial charge in [0, 0.05) is 24.3 Å². The molecule has 3 N–H and O–H groups in total. The van der Waals surface area contributed by atoms with Crippen LogP contribution in [0.1, 0.15) is 18.4 Å². The maximum Gasteiger partial charge on any atom is 0.269 e. The molecule has 100 valence electrons. The van der Waals surface area contributed by atoms with Crippen molar-refractivity contribution >= 4 is 5.69 Å². The Morgan fingerprint density at radius 1 is 1.42 bits per heavy atom. The van der Waals surface area contributed by atoms with Gasteiger partial charge in [0.2, 0.25) is 11.7 Å². The van der Waals surface area contributed by atoms with E-state index in [1.165, 1.54) is 24.3 Å². The van der Waals surface area contributed by atoms with E-state index in [1.54, 1.807) is 0 Å². The topological polar surface area (TPSA) is 128 Å². The molecule has 0 radical (unpaired) electrons. The number of nitrogens with zero attached hydrogens (tertiary/aromatic N) is 3. The molecule has 0 aliphatic heterocycles. The fraction of sp³-hybridized carbons (Fsp3) is 0.273. The quantitative estimate of drug-likeness (QED) is 0.609. The number of nitro groups is 1. The Morgan fingerprint density at radius 2 is 2.11 bits per heavy atom. The predicted molar refractivity (Wildman–Crippen MR) is 65.0 cm³/mol. The van der Waals surface area contributed by atoms with Gasteiger partial charge >= 0.3 is 0 Å². The van der Waals surface area contributed by atoms with Crippen molar-refractivity contribution in [3.05, 3.63) is 40.3 Å². The molecule has 0 saturated heterocycles. The third-order valence-electron chi connectivity index (χ3n) is 2.54. The summed E-state index contributed by atoms with van der Waals surface area (Å²) in [4.78, 5) is 14.1. The second-order valence-electron chi connectivity index (χ2n) is 3.88. The molecule has 1 heterocycles. The zero-order chi connectivity index (χ0) is 13.8. The summed E-state index contributed by atoms with van der Waals surface area (Å²) in [5.74, 6) is 0.528. The molecule has 1 aromatic carbocycles. The van der Waals surface area contributed by atoms with E-state index >= 15 is 0 Å². The van der Waals surface area contributed by atoms with E-state index < -0.39 is 11.0 Å². The van der Waals surface area contributed by atoms with Gasteiger partial charge in [0.05, 0.1) is 11.0 Å². The first kappa shape index (κ1) is 13.1. The number of hydrogen-bond acceptors (Lipinski definition) is 7. The fourth-order valence-corrected chi connectivity index (χ4v) is 1.50. The minimum Gasteiger partial charge on any atom is -0.396 e. The molecular weight excluding hydrogens is 252 g/mol. The summed E-state index contributed by atoms with van der Waals surface area (Å²) >= 11 is 0. The molecule has 0 fully saturated rings. The molecule has 1 atom stereocenters. The molecule has 0 spiro atoms. The maximum atomic E-state index is 10.5. The van der Waals surface area contributed by atoms with E-state index in [4.69, 9.17) is 15.4 Å². The van der Waals surface area contributed by atoms with Crippen molar-refractivity contribution in [3.8, 4) is 11.4 Å². The molecule has 1 aromatic heterocycles. The lowest BCUT2D eigenvalue weighted by molar-refractivity contribution is -0.384. The van der Waals surface area contributed by atoms with Crippen LogP contribution in [0.5, 0.6) is 0 Å². The highest BCUT2D eigenvalue weighted by Gasteiger charge is 2.15. The third-order valence-corrected chi connectivity index (χ3v) is 2.54. The average Bonchev–Trinajstić information content (AvgIpc) is 2.89. The minimum atomic E-state index is -0.524. The van der Waals surface area contributed by atoms with E-state index in [2.05, 4.69) is 10.1 Å². The molecular formula is C11H12N4O4. The molecule has 2 rings (SSSR count). The monoisotopic (exact) mass is 264 g/mol. The first-order chi connectivity index (χ1) is 9.11. The van der Waals surface area contributed by atoms with Crippen molar-refractivity contribution < 1.29 is 14.6 Å². The van der Waals surface area contributed by atoms with Crippen LogP contribution in [0.2, 0.25) is 0 Å². The number of rotatable bonds is 5. The zero-order valence-corrected chi connectivity index (χ0v) is 9.89. The Bertz CT molecular complexity index is 566. The second kappa shape index (κ2) is 5.55. The van der Waals surface area contributed by atoms with E-state index in [0.717, 1.165) is 0 Å². The summed E-state index contributed by atoms with van der Waals surface area (Å²) in [6, 6.07) is 5.26. The number of nitro benzene ring substituents is 1. The highest BCUT2D eigenvalue weighted by molar-refractivity contribution is 5.56. The van der Waals surface area contributed by atoms with Crippen molar-refractivity contribution in [3.63, 3.8) is 0 Å². The van der Waals surface area contributed by atoms with Gasteiger partial charge in [0.1, 0.15) is 0 Å². The lowest BCUT2D eigenvalue weighted by Crippen LogP contribution is -2.12. The van der Waals surface area contributed by atoms with Crippen LogP contribution in [0, 0.1) is 10.1 Å². The van der Waals surface area contributed by atoms with Gasteiger partial charge in [-0.15, -0.1) is 0 Å². The number of hydrogen-bond donors (Lipinski definition) is 2. The van der Waals surface area contributed by atoms with Crippen LogP contribution in [0.25, 0.3) is 11.4 Å². The first-order valence-electron chi connectivity index (χ1n) is 5.56. The number of aromatic nitrogens is 2. The van der Waals surface area contributed by atoms with E-state index in [-0.39, 0.29) is 18.2 Å². The Labute approximate surface area is 108 Å². The van der Waals surface area contributed by atoms with Crippen LogP contribution in [-0.2, 0) is 0 Å². The molecule has 0 aliphatic carbocycles. The normalized spacial score (nSPS) is 12.3. The molecule has 2 aromatic rings. The number of nitrogens with two attached hydrogens (primary N) is 1. The third kappa shape index (κ3) is 2.92. The molecule has 8 nitrogen and oxygen atoms in total. The largest absolute Gasteiger partial charge is 0.396 e. The second-order valence-corrected chi connectivity index (χ2v) is 3.88. The minimum absolute atomic E-state index is 0.00977. The van der Waals surface area contributed by atoms with Crippen LogP contribution in [-0.4, -0.2) is 26.8 Å². The summed E-state index contributed by atoms with van der Waals surface area (Å²) in [7, 11) is 0. The van der Waals surface area contributed by atoms with Gasteiger partial charge in [-0.05, 0) is 18.6 Å². The van der Waals surface area contributed by atoms with Crippen molar-refractivity contribution in [2.75, 3.05) is 6.61 Å². The van der Waals surface area contributed by atoms with Crippen LogP contribution in [0.3, 0.4) is 0 Å². The number of non-ortho nitro benzene ring substituents is 1. The Morgan fingerprint density at radius 3 is 2.68 bits per heavy atom. The fourth-order valence-electron chi connectivity index (χ4n) is 1.50. The average molecular weight is 264 g/mol. The summed E-state index contributed by atoms with van der Waals surface area (Å²) < 4.78 is 4.98. The highest BCUT2D eigenvalue weighted by atomic mass is 16.6. The molecule has 1 unspecified atom stereocenters. The van der Waals surface area contributed by atoms with E-state index in [9.17, 15) is 10.1 Å². The lowest BCUT2D eigenvalue weighted by atomic mass is 10.2. The number of aliphatic hydroxyl groups is 1. The van der Waals surface area contributed by atoms with Gasteiger partial charge in [0.25, 0.3) is 5.69 Å². The van der Waals surface area contributed by atoms with Crippen LogP contribution in [0.4, 0.5) is 5.69 Å². The predicted octanol–water partition coefficient (Wildman–Crippen LogP) is 1.03. The van der Waals surface area contributed by atoms with Gasteiger partial charge < -0.3 is 15.4 Å². The van der Waals surface area contributed by atoms with Crippen LogP contribution in [0.15, 0.2) is 28.8 Å². The molecule has 0 bridgehead atoms. The van der Waals surface area contributed by atoms with Gasteiger partial charge in [-0.2, -0.15) is 4.98 Å². The van der Waals surface area contributed by atoms with Crippen molar-refractivity contribution in [2.45, 2.75) is 12.5 Å². The summed E-state index contributed by atoms with van der Waals surface area (Å²) in [6.07, 6.45) is 0.321. The van der Waals surface area contributed by atoms with Crippen molar-refractivity contribution in [1.29, 1.82) is 0 Å². The number of benzene rings is 1. The maximum absolute atomic E-state index is 10.5. The van der Waals surface area contributed by atoms with Gasteiger partial charge in [-0.25, -0.2) is 0 Å². The smallest absolute Gasteiger partial charge is 0.269 e. The summed E-state index contributed by atoms with van der Waals surface area (Å²) in [5, 5.41) is 23.0. The van der Waals surface area contributed by atoms with E-state index in [0.29, 0.717) is 17.8 Å². The molecule has 8 heteroatoms. The highest BCUT2D eigenvalue weighted by Crippen LogP contribution is 2.21. The summed E-state index contributed by atoms with van der Waals surface area (Å²) in [5.41, 5.74) is 6.30. The van der Waals surface area contributed by atoms with Gasteiger partial charge in [-0.3, -0.25) is 10.1 Å². The van der Waals surface area contributed by atoms with Gasteiger partial charge in [0.15, 0.2) is 0 Å². The van der Waals surface area contributed by atoms with Gasteiger partial charge in [-0.1, -0.05) is 5.16 Å². The van der Waals surface area contributed by atoms with Crippen LogP contribution >= 0.6 is 0 Å². The molecule has 0 amide bonds. The molecule has 0 saturated carbocycles. The number of aliphatic hydroxyl groups excluding tert-OH is 1. The zero-order valence-electron chi connectivity index (χ0n) is 9.89. The Balaban J connectivity index is 2.20. The first-order valence-corrected chi connectivity index (χ1v) is 5.56. The van der Waals surface area contributed by atoms with Crippen molar-refractivity contribution in [1.82, 2.24) is 10.1 Å². The standard InChI is InChI=1S/C11H12N4O4/c12-9(5-6-16)11-13-10(14-19-11)7-1-3-8(4-2-7)15(17)18/h1-4,9,16H,5-6,12H2. The van der Waals surface area contributed by atoms with E-state index in [1.807, 2.05) is 0 Å². The molecule has 0 aliphatic rings.